The molecule has 5 nitrogen and oxygen atoms in total. The van der Waals surface area contributed by atoms with Gasteiger partial charge in [0.2, 0.25) is 0 Å². The van der Waals surface area contributed by atoms with Crippen LogP contribution in [0.25, 0.3) is 23.1 Å². The minimum atomic E-state index is -0.606. The number of ether oxygens (including phenoxy) is 2. The molecule has 26 heavy (non-hydrogen) atoms. The van der Waals surface area contributed by atoms with Crippen molar-refractivity contribution in [1.29, 1.82) is 0 Å². The molecule has 5 heteroatoms. The van der Waals surface area contributed by atoms with Gasteiger partial charge in [-0.05, 0) is 29.3 Å². The molecular formula is C21H17NO4. The molecule has 0 radical (unpaired) electrons. The fraction of sp³-hybridized carbons (Fsp3) is 0.0952. The molecule has 0 saturated heterocycles. The average molecular weight is 347 g/mol. The maximum atomic E-state index is 12.2. The van der Waals surface area contributed by atoms with E-state index in [0.717, 1.165) is 11.1 Å². The minimum absolute atomic E-state index is 0.0629. The number of fused-ring (bicyclic) bond motifs is 1. The molecule has 3 rings (SSSR count). The number of hydrogen-bond acceptors (Lipinski definition) is 5. The topological polar surface area (TPSA) is 65.5 Å². The standard InChI is InChI=1S/C21H17NO4/c1-25-20(23)17-13-19(21(24)26-2)22-18-11-10-15(12-16(17)18)9-8-14-6-4-3-5-7-14/h3-13H,1-2H3/b9-8+. The van der Waals surface area contributed by atoms with E-state index in [1.54, 1.807) is 6.07 Å². The Labute approximate surface area is 150 Å². The minimum Gasteiger partial charge on any atom is -0.465 e. The van der Waals surface area contributed by atoms with Gasteiger partial charge < -0.3 is 9.47 Å². The maximum absolute atomic E-state index is 12.2. The summed E-state index contributed by atoms with van der Waals surface area (Å²) in [6.45, 7) is 0. The van der Waals surface area contributed by atoms with Crippen LogP contribution in [0.1, 0.15) is 32.0 Å². The number of esters is 2. The molecule has 0 bridgehead atoms. The second kappa shape index (κ2) is 7.61. The molecule has 0 aliphatic rings. The molecule has 130 valence electrons. The molecule has 0 N–H and O–H groups in total. The van der Waals surface area contributed by atoms with E-state index in [2.05, 4.69) is 4.98 Å². The Hall–Kier alpha value is -3.47. The largest absolute Gasteiger partial charge is 0.465 e. The molecular weight excluding hydrogens is 330 g/mol. The number of pyridine rings is 1. The lowest BCUT2D eigenvalue weighted by Gasteiger charge is -2.08. The van der Waals surface area contributed by atoms with Crippen LogP contribution in [0.4, 0.5) is 0 Å². The zero-order valence-electron chi connectivity index (χ0n) is 14.4. The predicted molar refractivity (Wildman–Crippen MR) is 99.8 cm³/mol. The van der Waals surface area contributed by atoms with E-state index in [0.29, 0.717) is 10.9 Å². The van der Waals surface area contributed by atoms with Crippen molar-refractivity contribution < 1.29 is 19.1 Å². The van der Waals surface area contributed by atoms with E-state index < -0.39 is 11.9 Å². The number of carbonyl (C=O) groups excluding carboxylic acids is 2. The van der Waals surface area contributed by atoms with E-state index in [9.17, 15) is 9.59 Å². The number of rotatable bonds is 4. The summed E-state index contributed by atoms with van der Waals surface area (Å²) in [5.41, 5.74) is 2.82. The molecule has 0 aliphatic heterocycles. The van der Waals surface area contributed by atoms with Crippen LogP contribution in [-0.4, -0.2) is 31.1 Å². The number of carbonyl (C=O) groups is 2. The summed E-state index contributed by atoms with van der Waals surface area (Å²) in [6.07, 6.45) is 3.93. The summed E-state index contributed by atoms with van der Waals surface area (Å²) >= 11 is 0. The van der Waals surface area contributed by atoms with Gasteiger partial charge in [-0.2, -0.15) is 0 Å². The Morgan fingerprint density at radius 1 is 0.846 bits per heavy atom. The van der Waals surface area contributed by atoms with E-state index in [-0.39, 0.29) is 11.3 Å². The highest BCUT2D eigenvalue weighted by Crippen LogP contribution is 2.22. The molecule has 0 unspecified atom stereocenters. The summed E-state index contributed by atoms with van der Waals surface area (Å²) in [7, 11) is 2.56. The van der Waals surface area contributed by atoms with Crippen molar-refractivity contribution in [3.63, 3.8) is 0 Å². The third kappa shape index (κ3) is 3.62. The monoisotopic (exact) mass is 347 g/mol. The van der Waals surface area contributed by atoms with Crippen molar-refractivity contribution in [3.8, 4) is 0 Å². The third-order valence-corrected chi connectivity index (χ3v) is 3.90. The molecule has 3 aromatic rings. The number of aromatic nitrogens is 1. The van der Waals surface area contributed by atoms with Gasteiger partial charge in [-0.25, -0.2) is 14.6 Å². The Balaban J connectivity index is 2.09. The first-order valence-electron chi connectivity index (χ1n) is 7.97. The van der Waals surface area contributed by atoms with Crippen molar-refractivity contribution >= 4 is 35.0 Å². The van der Waals surface area contributed by atoms with Crippen LogP contribution < -0.4 is 0 Å². The van der Waals surface area contributed by atoms with Gasteiger partial charge in [0, 0.05) is 5.39 Å². The van der Waals surface area contributed by atoms with Gasteiger partial charge >= 0.3 is 11.9 Å². The summed E-state index contributed by atoms with van der Waals surface area (Å²) in [5, 5.41) is 0.611. The van der Waals surface area contributed by atoms with E-state index in [1.807, 2.05) is 54.6 Å². The molecule has 2 aromatic carbocycles. The molecule has 0 atom stereocenters. The Morgan fingerprint density at radius 3 is 2.23 bits per heavy atom. The predicted octanol–water partition coefficient (Wildman–Crippen LogP) is 3.98. The van der Waals surface area contributed by atoms with Gasteiger partial charge in [-0.15, -0.1) is 0 Å². The van der Waals surface area contributed by atoms with Gasteiger partial charge in [0.15, 0.2) is 0 Å². The molecule has 0 aliphatic carbocycles. The van der Waals surface area contributed by atoms with E-state index in [1.165, 1.54) is 20.3 Å². The summed E-state index contributed by atoms with van der Waals surface area (Å²) in [6, 6.07) is 16.8. The number of methoxy groups -OCH3 is 2. The average Bonchev–Trinajstić information content (AvgIpc) is 2.70. The third-order valence-electron chi connectivity index (χ3n) is 3.90. The highest BCUT2D eigenvalue weighted by Gasteiger charge is 2.17. The van der Waals surface area contributed by atoms with Gasteiger partial charge in [0.1, 0.15) is 5.69 Å². The van der Waals surface area contributed by atoms with Crippen LogP contribution in [0.2, 0.25) is 0 Å². The zero-order chi connectivity index (χ0) is 18.5. The number of benzene rings is 2. The first-order valence-corrected chi connectivity index (χ1v) is 7.97. The molecule has 1 aromatic heterocycles. The first kappa shape index (κ1) is 17.4. The molecule has 0 fully saturated rings. The van der Waals surface area contributed by atoms with E-state index >= 15 is 0 Å². The van der Waals surface area contributed by atoms with E-state index in [4.69, 9.17) is 9.47 Å². The van der Waals surface area contributed by atoms with Crippen LogP contribution in [0.15, 0.2) is 54.6 Å². The lowest BCUT2D eigenvalue weighted by molar-refractivity contribution is 0.0594. The smallest absolute Gasteiger partial charge is 0.356 e. The van der Waals surface area contributed by atoms with Gasteiger partial charge in [-0.3, -0.25) is 0 Å². The first-order chi connectivity index (χ1) is 12.6. The van der Waals surface area contributed by atoms with Gasteiger partial charge in [0.05, 0.1) is 25.3 Å². The quantitative estimate of drug-likeness (QED) is 0.528. The fourth-order valence-corrected chi connectivity index (χ4v) is 2.59. The fourth-order valence-electron chi connectivity index (χ4n) is 2.59. The highest BCUT2D eigenvalue weighted by atomic mass is 16.5. The Morgan fingerprint density at radius 2 is 1.54 bits per heavy atom. The summed E-state index contributed by atoms with van der Waals surface area (Å²) in [5.74, 6) is -1.14. The van der Waals surface area contributed by atoms with Crippen LogP contribution in [0, 0.1) is 0 Å². The second-order valence-corrected chi connectivity index (χ2v) is 5.56. The van der Waals surface area contributed by atoms with Gasteiger partial charge in [0.25, 0.3) is 0 Å². The highest BCUT2D eigenvalue weighted by molar-refractivity contribution is 6.06. The normalized spacial score (nSPS) is 10.8. The number of nitrogens with zero attached hydrogens (tertiary/aromatic N) is 1. The lowest BCUT2D eigenvalue weighted by Crippen LogP contribution is -2.09. The molecule has 0 saturated carbocycles. The maximum Gasteiger partial charge on any atom is 0.356 e. The number of hydrogen-bond donors (Lipinski definition) is 0. The zero-order valence-corrected chi connectivity index (χ0v) is 14.4. The van der Waals surface area contributed by atoms with Crippen LogP contribution in [0.5, 0.6) is 0 Å². The Kier molecular flexibility index (Phi) is 5.08. The van der Waals surface area contributed by atoms with Crippen LogP contribution in [0.3, 0.4) is 0 Å². The lowest BCUT2D eigenvalue weighted by atomic mass is 10.0. The van der Waals surface area contributed by atoms with Crippen molar-refractivity contribution in [2.45, 2.75) is 0 Å². The molecule has 0 spiro atoms. The molecule has 1 heterocycles. The van der Waals surface area contributed by atoms with Gasteiger partial charge in [-0.1, -0.05) is 48.6 Å². The summed E-state index contributed by atoms with van der Waals surface area (Å²) < 4.78 is 9.55. The van der Waals surface area contributed by atoms with Crippen molar-refractivity contribution in [2.24, 2.45) is 0 Å². The van der Waals surface area contributed by atoms with Crippen molar-refractivity contribution in [2.75, 3.05) is 14.2 Å². The van der Waals surface area contributed by atoms with Crippen LogP contribution >= 0.6 is 0 Å². The SMILES string of the molecule is COC(=O)c1cc(C(=O)OC)c2cc(/C=C/c3ccccc3)ccc2n1. The molecule has 0 amide bonds. The second-order valence-electron chi connectivity index (χ2n) is 5.56. The summed E-state index contributed by atoms with van der Waals surface area (Å²) in [4.78, 5) is 28.2. The Bertz CT molecular complexity index is 994. The van der Waals surface area contributed by atoms with Crippen molar-refractivity contribution in [3.05, 3.63) is 77.0 Å². The van der Waals surface area contributed by atoms with Crippen LogP contribution in [-0.2, 0) is 9.47 Å². The van der Waals surface area contributed by atoms with Crippen molar-refractivity contribution in [1.82, 2.24) is 4.98 Å².